The van der Waals surface area contributed by atoms with Crippen molar-refractivity contribution in [3.8, 4) is 5.75 Å². The van der Waals surface area contributed by atoms with Crippen molar-refractivity contribution in [2.24, 2.45) is 0 Å². The molecule has 0 aromatic heterocycles. The second-order valence-electron chi connectivity index (χ2n) is 5.78. The summed E-state index contributed by atoms with van der Waals surface area (Å²) in [6, 6.07) is 18.4. The zero-order valence-corrected chi connectivity index (χ0v) is 17.1. The van der Waals surface area contributed by atoms with E-state index < -0.39 is 0 Å². The van der Waals surface area contributed by atoms with Crippen LogP contribution in [0.3, 0.4) is 0 Å². The molecule has 24 heavy (non-hydrogen) atoms. The van der Waals surface area contributed by atoms with Crippen LogP contribution in [0.25, 0.3) is 6.08 Å². The van der Waals surface area contributed by atoms with Crippen LogP contribution in [0.2, 0.25) is 13.1 Å². The Labute approximate surface area is 155 Å². The molecule has 0 N–H and O–H groups in total. The molecule has 0 amide bonds. The van der Waals surface area contributed by atoms with Crippen LogP contribution in [0, 0.1) is 0 Å². The molecule has 2 aromatic carbocycles. The predicted octanol–water partition coefficient (Wildman–Crippen LogP) is 5.59. The maximum absolute atomic E-state index is 5.19. The molecule has 1 aliphatic carbocycles. The molecule has 1 nitrogen and oxygen atoms in total. The van der Waals surface area contributed by atoms with E-state index in [0.717, 1.165) is 9.97 Å². The van der Waals surface area contributed by atoms with Crippen LogP contribution < -0.4 is 4.74 Å². The fourth-order valence-electron chi connectivity index (χ4n) is 2.43. The van der Waals surface area contributed by atoms with Gasteiger partial charge in [0.2, 0.25) is 0 Å². The number of hydrogen-bond acceptors (Lipinski definition) is 1. The van der Waals surface area contributed by atoms with E-state index in [1.54, 1.807) is 24.0 Å². The molecule has 0 spiro atoms. The van der Waals surface area contributed by atoms with Crippen LogP contribution in [-0.4, -0.2) is 6.66 Å². The van der Waals surface area contributed by atoms with Gasteiger partial charge in [-0.2, -0.15) is 0 Å². The average Bonchev–Trinajstić information content (AvgIpc) is 2.99. The van der Waals surface area contributed by atoms with Crippen molar-refractivity contribution < 1.29 is 23.1 Å². The van der Waals surface area contributed by atoms with Gasteiger partial charge in [-0.15, -0.1) is 0 Å². The SMILES string of the molecule is C=CC=COc1ccccc1.C[SiH](C)[Ti][CH]1C=Cc2ccccc21. The van der Waals surface area contributed by atoms with Crippen molar-refractivity contribution in [3.63, 3.8) is 0 Å². The molecular weight excluding hydrogens is 344 g/mol. The zero-order valence-electron chi connectivity index (χ0n) is 14.4. The molecule has 1 atom stereocenters. The minimum atomic E-state index is -0.309. The molecule has 3 heteroatoms. The Hall–Kier alpha value is -1.61. The molecule has 0 saturated carbocycles. The van der Waals surface area contributed by atoms with Crippen LogP contribution in [0.5, 0.6) is 5.75 Å². The summed E-state index contributed by atoms with van der Waals surface area (Å²) in [7, 11) is 0. The number of benzene rings is 2. The third-order valence-electron chi connectivity index (χ3n) is 3.47. The summed E-state index contributed by atoms with van der Waals surface area (Å²) >= 11 is 0.290. The van der Waals surface area contributed by atoms with Gasteiger partial charge in [0.25, 0.3) is 0 Å². The second kappa shape index (κ2) is 10.3. The molecule has 0 radical (unpaired) electrons. The first kappa shape index (κ1) is 18.7. The molecule has 1 aliphatic rings. The predicted molar refractivity (Wildman–Crippen MR) is 104 cm³/mol. The second-order valence-corrected chi connectivity index (χ2v) is 16.4. The van der Waals surface area contributed by atoms with Gasteiger partial charge in [-0.3, -0.25) is 0 Å². The Kier molecular flexibility index (Phi) is 8.03. The first-order valence-electron chi connectivity index (χ1n) is 8.23. The average molecular weight is 368 g/mol. The molecule has 3 rings (SSSR count). The molecular formula is C21H24OSiTi. The number of rotatable bonds is 5. The van der Waals surface area contributed by atoms with Gasteiger partial charge in [-0.05, 0) is 18.2 Å². The first-order valence-corrected chi connectivity index (χ1v) is 14.7. The van der Waals surface area contributed by atoms with Gasteiger partial charge in [0.1, 0.15) is 5.75 Å². The van der Waals surface area contributed by atoms with Crippen molar-refractivity contribution in [1.82, 2.24) is 0 Å². The normalized spacial score (nSPS) is 14.9. The molecule has 1 unspecified atom stereocenters. The molecule has 122 valence electrons. The summed E-state index contributed by atoms with van der Waals surface area (Å²) in [6.45, 7) is 8.18. The van der Waals surface area contributed by atoms with Gasteiger partial charge >= 0.3 is 89.9 Å². The van der Waals surface area contributed by atoms with Gasteiger partial charge in [-0.25, -0.2) is 0 Å². The standard InChI is InChI=1S/C10H10O.C9H7.C2H7Si.Ti/c1-2-3-9-11-10-7-5-4-6-8-10;1-2-5-9-7-3-6-8(9)4-1;1-3-2;/h2-9H,1H2;1-7H;3H,1-2H3;. The molecule has 0 fully saturated rings. The van der Waals surface area contributed by atoms with Crippen molar-refractivity contribution >= 4 is 12.7 Å². The molecule has 0 bridgehead atoms. The Balaban J connectivity index is 0.000000177. The van der Waals surface area contributed by atoms with Crippen LogP contribution >= 0.6 is 0 Å². The van der Waals surface area contributed by atoms with E-state index in [9.17, 15) is 0 Å². The fourth-order valence-corrected chi connectivity index (χ4v) is 8.72. The summed E-state index contributed by atoms with van der Waals surface area (Å²) in [5.74, 6) is 0.839. The van der Waals surface area contributed by atoms with E-state index in [4.69, 9.17) is 4.74 Å². The van der Waals surface area contributed by atoms with Crippen molar-refractivity contribution in [2.75, 3.05) is 0 Å². The summed E-state index contributed by atoms with van der Waals surface area (Å²) in [5, 5.41) is 0. The van der Waals surface area contributed by atoms with E-state index in [2.05, 4.69) is 56.1 Å². The number of fused-ring (bicyclic) bond motifs is 1. The summed E-state index contributed by atoms with van der Waals surface area (Å²) in [4.78, 5) is 0. The topological polar surface area (TPSA) is 9.23 Å². The van der Waals surface area contributed by atoms with Crippen molar-refractivity contribution in [1.29, 1.82) is 0 Å². The van der Waals surface area contributed by atoms with Gasteiger partial charge in [-0.1, -0.05) is 30.9 Å². The number of hydrogen-bond donors (Lipinski definition) is 0. The fraction of sp³-hybridized carbons (Fsp3) is 0.143. The number of allylic oxidation sites excluding steroid dienone is 3. The van der Waals surface area contributed by atoms with E-state index in [0.29, 0.717) is 18.4 Å². The number of ether oxygens (including phenoxy) is 1. The van der Waals surface area contributed by atoms with Gasteiger partial charge in [0.05, 0.1) is 6.26 Å². The monoisotopic (exact) mass is 368 g/mol. The molecule has 2 aromatic rings. The summed E-state index contributed by atoms with van der Waals surface area (Å²) in [5.41, 5.74) is 3.06. The Morgan fingerprint density at radius 1 is 1.04 bits per heavy atom. The van der Waals surface area contributed by atoms with E-state index in [-0.39, 0.29) is 6.66 Å². The summed E-state index contributed by atoms with van der Waals surface area (Å²) < 4.78 is 6.04. The zero-order chi connectivity index (χ0) is 17.2. The van der Waals surface area contributed by atoms with Gasteiger partial charge in [0, 0.05) is 0 Å². The van der Waals surface area contributed by atoms with Crippen molar-refractivity contribution in [3.05, 3.63) is 96.8 Å². The van der Waals surface area contributed by atoms with Crippen molar-refractivity contribution in [2.45, 2.75) is 17.3 Å². The minimum absolute atomic E-state index is 0.290. The van der Waals surface area contributed by atoms with Gasteiger partial charge in [0.15, 0.2) is 0 Å². The summed E-state index contributed by atoms with van der Waals surface area (Å²) in [6.07, 6.45) is 9.75. The third kappa shape index (κ3) is 6.12. The quantitative estimate of drug-likeness (QED) is 0.380. The van der Waals surface area contributed by atoms with E-state index in [1.807, 2.05) is 30.3 Å². The van der Waals surface area contributed by atoms with Crippen LogP contribution in [0.4, 0.5) is 0 Å². The third-order valence-corrected chi connectivity index (χ3v) is 10.1. The molecule has 0 heterocycles. The van der Waals surface area contributed by atoms with E-state index in [1.165, 1.54) is 5.56 Å². The Bertz CT molecular complexity index is 692. The first-order chi connectivity index (χ1) is 11.7. The van der Waals surface area contributed by atoms with Crippen LogP contribution in [0.1, 0.15) is 15.3 Å². The molecule has 0 saturated heterocycles. The Morgan fingerprint density at radius 3 is 2.46 bits per heavy atom. The van der Waals surface area contributed by atoms with Crippen LogP contribution in [0.15, 0.2) is 85.7 Å². The molecule has 0 aliphatic heterocycles. The van der Waals surface area contributed by atoms with Crippen LogP contribution in [-0.2, 0) is 18.4 Å². The Morgan fingerprint density at radius 2 is 1.75 bits per heavy atom. The van der Waals surface area contributed by atoms with Gasteiger partial charge < -0.3 is 4.74 Å². The van der Waals surface area contributed by atoms with E-state index >= 15 is 0 Å². The maximum atomic E-state index is 5.19. The number of para-hydroxylation sites is 1.